The van der Waals surface area contributed by atoms with Crippen LogP contribution >= 0.6 is 0 Å². The predicted octanol–water partition coefficient (Wildman–Crippen LogP) is 2.15. The summed E-state index contributed by atoms with van der Waals surface area (Å²) < 4.78 is 4.68. The van der Waals surface area contributed by atoms with Gasteiger partial charge in [0.2, 0.25) is 23.6 Å². The largest absolute Gasteiger partial charge is 0.508 e. The lowest BCUT2D eigenvalue weighted by Crippen LogP contribution is -2.53. The van der Waals surface area contributed by atoms with E-state index in [0.29, 0.717) is 31.7 Å². The molecule has 0 saturated heterocycles. The molecule has 6 N–H and O–H groups in total. The Morgan fingerprint density at radius 1 is 1.00 bits per heavy atom. The van der Waals surface area contributed by atoms with E-state index >= 15 is 0 Å². The molecule has 12 heteroatoms. The number of esters is 1. The second-order valence-corrected chi connectivity index (χ2v) is 12.4. The van der Waals surface area contributed by atoms with Crippen molar-refractivity contribution in [1.82, 2.24) is 20.9 Å². The van der Waals surface area contributed by atoms with Crippen LogP contribution in [0.3, 0.4) is 0 Å². The van der Waals surface area contributed by atoms with Crippen LogP contribution in [-0.2, 0) is 35.1 Å². The van der Waals surface area contributed by atoms with Crippen molar-refractivity contribution in [2.45, 2.75) is 110 Å². The van der Waals surface area contributed by atoms with E-state index in [2.05, 4.69) is 20.7 Å². The fourth-order valence-corrected chi connectivity index (χ4v) is 5.87. The fourth-order valence-electron chi connectivity index (χ4n) is 5.87. The van der Waals surface area contributed by atoms with E-state index in [9.17, 15) is 29.1 Å². The summed E-state index contributed by atoms with van der Waals surface area (Å²) in [6.45, 7) is 5.36. The molecule has 4 amide bonds. The Hall–Kier alpha value is -3.51. The maximum atomic E-state index is 13.3. The minimum absolute atomic E-state index is 0.138. The van der Waals surface area contributed by atoms with Gasteiger partial charge in [-0.2, -0.15) is 0 Å². The van der Waals surface area contributed by atoms with Crippen molar-refractivity contribution >= 4 is 29.6 Å². The van der Waals surface area contributed by atoms with Gasteiger partial charge in [-0.25, -0.2) is 0 Å². The SMILES string of the molecule is COC(=O)CCCCCN(C)[C@@H](CC1CCCCC1)C(=O)NC(=O)CNC(=O)[C@@H](C)NC(=O)[C@@H](N)Cc1c(C)cc(O)cc1C. The molecule has 1 aromatic carbocycles. The Morgan fingerprint density at radius 3 is 2.27 bits per heavy atom. The molecule has 0 aliphatic heterocycles. The number of phenols is 1. The number of aryl methyl sites for hydroxylation is 2. The van der Waals surface area contributed by atoms with Gasteiger partial charge in [-0.15, -0.1) is 0 Å². The molecule has 252 valence electrons. The molecule has 0 heterocycles. The number of imide groups is 1. The summed E-state index contributed by atoms with van der Waals surface area (Å²) in [5.74, 6) is -1.84. The first-order valence-electron chi connectivity index (χ1n) is 16.1. The zero-order valence-electron chi connectivity index (χ0n) is 27.6. The Labute approximate surface area is 267 Å². The Kier molecular flexibility index (Phi) is 16.0. The zero-order chi connectivity index (χ0) is 33.5. The van der Waals surface area contributed by atoms with E-state index < -0.39 is 48.3 Å². The molecular formula is C33H53N5O7. The number of hydrogen-bond donors (Lipinski definition) is 5. The summed E-state index contributed by atoms with van der Waals surface area (Å²) in [4.78, 5) is 64.6. The van der Waals surface area contributed by atoms with Crippen molar-refractivity contribution in [2.75, 3.05) is 27.2 Å². The van der Waals surface area contributed by atoms with Gasteiger partial charge < -0.3 is 26.2 Å². The topological polar surface area (TPSA) is 180 Å². The Balaban J connectivity index is 1.86. The predicted molar refractivity (Wildman–Crippen MR) is 171 cm³/mol. The van der Waals surface area contributed by atoms with Crippen molar-refractivity contribution in [3.8, 4) is 5.75 Å². The van der Waals surface area contributed by atoms with Crippen LogP contribution in [0.2, 0.25) is 0 Å². The van der Waals surface area contributed by atoms with Gasteiger partial charge in [0, 0.05) is 6.42 Å². The molecule has 2 rings (SSSR count). The van der Waals surface area contributed by atoms with Crippen LogP contribution in [-0.4, -0.2) is 85.0 Å². The number of phenolic OH excluding ortho intramolecular Hbond substituents is 1. The van der Waals surface area contributed by atoms with E-state index in [1.165, 1.54) is 20.5 Å². The molecule has 1 aromatic rings. The number of benzene rings is 1. The molecular weight excluding hydrogens is 578 g/mol. The summed E-state index contributed by atoms with van der Waals surface area (Å²) >= 11 is 0. The van der Waals surface area contributed by atoms with Crippen molar-refractivity contribution in [3.05, 3.63) is 28.8 Å². The summed E-state index contributed by atoms with van der Waals surface area (Å²) in [5, 5.41) is 17.3. The standard InChI is InChI=1S/C33H53N5O7/c1-21-16-25(39)17-22(2)26(21)19-27(34)32(43)36-23(3)31(42)35-20-29(40)37-33(44)28(18-24-12-8-6-9-13-24)38(4)15-11-7-10-14-30(41)45-5/h16-17,23-24,27-28,39H,6-15,18-20,34H2,1-5H3,(H,35,42)(H,36,43)(H,37,40,44)/t23-,27+,28+/m1/s1. The smallest absolute Gasteiger partial charge is 0.305 e. The quantitative estimate of drug-likeness (QED) is 0.127. The summed E-state index contributed by atoms with van der Waals surface area (Å²) in [5.41, 5.74) is 8.57. The average Bonchev–Trinajstić information content (AvgIpc) is 3.00. The van der Waals surface area contributed by atoms with Crippen LogP contribution in [0.15, 0.2) is 12.1 Å². The number of rotatable bonds is 17. The van der Waals surface area contributed by atoms with Gasteiger partial charge in [-0.3, -0.25) is 34.2 Å². The molecule has 45 heavy (non-hydrogen) atoms. The van der Waals surface area contributed by atoms with Gasteiger partial charge in [0.15, 0.2) is 0 Å². The minimum Gasteiger partial charge on any atom is -0.508 e. The second kappa shape index (κ2) is 19.1. The fraction of sp³-hybridized carbons (Fsp3) is 0.667. The van der Waals surface area contributed by atoms with E-state index in [4.69, 9.17) is 5.73 Å². The summed E-state index contributed by atoms with van der Waals surface area (Å²) in [6, 6.07) is 0.831. The number of ether oxygens (including phenoxy) is 1. The maximum Gasteiger partial charge on any atom is 0.305 e. The first kappa shape index (κ1) is 37.7. The number of nitrogens with one attached hydrogen (secondary N) is 3. The number of hydrogen-bond acceptors (Lipinski definition) is 9. The van der Waals surface area contributed by atoms with E-state index in [-0.39, 0.29) is 18.1 Å². The van der Waals surface area contributed by atoms with Crippen LogP contribution in [0.1, 0.15) is 87.8 Å². The molecule has 3 atom stereocenters. The van der Waals surface area contributed by atoms with E-state index in [1.54, 1.807) is 12.1 Å². The number of aromatic hydroxyl groups is 1. The van der Waals surface area contributed by atoms with Crippen LogP contribution < -0.4 is 21.7 Å². The molecule has 0 bridgehead atoms. The Morgan fingerprint density at radius 2 is 1.64 bits per heavy atom. The van der Waals surface area contributed by atoms with Crippen LogP contribution in [0.5, 0.6) is 5.75 Å². The van der Waals surface area contributed by atoms with Crippen molar-refractivity contribution in [2.24, 2.45) is 11.7 Å². The number of carbonyl (C=O) groups excluding carboxylic acids is 5. The average molecular weight is 632 g/mol. The van der Waals surface area contributed by atoms with Crippen LogP contribution in [0.25, 0.3) is 0 Å². The molecule has 1 aliphatic rings. The van der Waals surface area contributed by atoms with Crippen LogP contribution in [0, 0.1) is 19.8 Å². The Bertz CT molecular complexity index is 1150. The van der Waals surface area contributed by atoms with Gasteiger partial charge >= 0.3 is 5.97 Å². The lowest BCUT2D eigenvalue weighted by molar-refractivity contribution is -0.140. The highest BCUT2D eigenvalue weighted by molar-refractivity contribution is 6.00. The highest BCUT2D eigenvalue weighted by atomic mass is 16.5. The third-order valence-corrected chi connectivity index (χ3v) is 8.61. The third kappa shape index (κ3) is 13.2. The van der Waals surface area contributed by atoms with Gasteiger partial charge in [0.25, 0.3) is 0 Å². The molecule has 1 fully saturated rings. The van der Waals surface area contributed by atoms with Gasteiger partial charge in [0.1, 0.15) is 11.8 Å². The molecule has 0 unspecified atom stereocenters. The van der Waals surface area contributed by atoms with E-state index in [1.807, 2.05) is 25.8 Å². The highest BCUT2D eigenvalue weighted by Gasteiger charge is 2.29. The monoisotopic (exact) mass is 631 g/mol. The molecule has 0 radical (unpaired) electrons. The van der Waals surface area contributed by atoms with Crippen molar-refractivity contribution < 1.29 is 33.8 Å². The third-order valence-electron chi connectivity index (χ3n) is 8.61. The maximum absolute atomic E-state index is 13.3. The lowest BCUT2D eigenvalue weighted by atomic mass is 9.84. The van der Waals surface area contributed by atoms with Gasteiger partial charge in [-0.1, -0.05) is 38.5 Å². The highest BCUT2D eigenvalue weighted by Crippen LogP contribution is 2.28. The number of nitrogens with two attached hydrogens (primary N) is 1. The number of unbranched alkanes of at least 4 members (excludes halogenated alkanes) is 2. The lowest BCUT2D eigenvalue weighted by Gasteiger charge is -2.31. The number of likely N-dealkylation sites (N-methyl/N-ethyl adjacent to an activating group) is 1. The molecule has 12 nitrogen and oxygen atoms in total. The summed E-state index contributed by atoms with van der Waals surface area (Å²) in [7, 11) is 3.24. The first-order chi connectivity index (χ1) is 21.3. The number of methoxy groups -OCH3 is 1. The zero-order valence-corrected chi connectivity index (χ0v) is 27.6. The number of carbonyl (C=O) groups is 5. The van der Waals surface area contributed by atoms with Crippen molar-refractivity contribution in [1.29, 1.82) is 0 Å². The minimum atomic E-state index is -0.960. The van der Waals surface area contributed by atoms with Crippen LogP contribution in [0.4, 0.5) is 0 Å². The van der Waals surface area contributed by atoms with E-state index in [0.717, 1.165) is 55.2 Å². The molecule has 1 saturated carbocycles. The number of nitrogens with zero attached hydrogens (tertiary/aromatic N) is 1. The number of amides is 4. The second-order valence-electron chi connectivity index (χ2n) is 12.4. The molecule has 0 aromatic heterocycles. The van der Waals surface area contributed by atoms with Gasteiger partial charge in [-0.05, 0) is 94.8 Å². The molecule has 1 aliphatic carbocycles. The van der Waals surface area contributed by atoms with Gasteiger partial charge in [0.05, 0.1) is 25.7 Å². The first-order valence-corrected chi connectivity index (χ1v) is 16.1. The summed E-state index contributed by atoms with van der Waals surface area (Å²) in [6.07, 6.45) is 9.15. The molecule has 0 spiro atoms. The normalized spacial score (nSPS) is 15.5. The van der Waals surface area contributed by atoms with Crippen molar-refractivity contribution in [3.63, 3.8) is 0 Å².